The number of benzene rings is 1. The van der Waals surface area contributed by atoms with Crippen molar-refractivity contribution in [3.05, 3.63) is 40.1 Å². The zero-order valence-corrected chi connectivity index (χ0v) is 18.0. The number of rotatable bonds is 7. The van der Waals surface area contributed by atoms with E-state index in [1.807, 2.05) is 0 Å². The van der Waals surface area contributed by atoms with Gasteiger partial charge in [0.1, 0.15) is 5.75 Å². The SMILES string of the molecule is COc1ccc(NC(=O)CNS(=O)(=O)c2cc(-c3noc(C)n3)sc2C)cc1Cl. The fourth-order valence-corrected chi connectivity index (χ4v) is 5.18. The van der Waals surface area contributed by atoms with Crippen molar-refractivity contribution in [1.82, 2.24) is 14.9 Å². The molecule has 0 saturated heterocycles. The highest BCUT2D eigenvalue weighted by molar-refractivity contribution is 7.89. The van der Waals surface area contributed by atoms with E-state index in [1.54, 1.807) is 26.0 Å². The van der Waals surface area contributed by atoms with Crippen LogP contribution in [0.25, 0.3) is 10.7 Å². The predicted octanol–water partition coefficient (Wildman–Crippen LogP) is 2.99. The van der Waals surface area contributed by atoms with E-state index in [0.717, 1.165) is 0 Å². The van der Waals surface area contributed by atoms with Crippen molar-refractivity contribution < 1.29 is 22.5 Å². The summed E-state index contributed by atoms with van der Waals surface area (Å²) in [6, 6.07) is 6.15. The zero-order chi connectivity index (χ0) is 21.2. The molecule has 0 unspecified atom stereocenters. The van der Waals surface area contributed by atoms with Crippen molar-refractivity contribution in [1.29, 1.82) is 0 Å². The van der Waals surface area contributed by atoms with E-state index in [0.29, 0.717) is 37.9 Å². The highest BCUT2D eigenvalue weighted by Crippen LogP contribution is 2.32. The van der Waals surface area contributed by atoms with Crippen LogP contribution in [0.4, 0.5) is 5.69 Å². The minimum Gasteiger partial charge on any atom is -0.495 e. The quantitative estimate of drug-likeness (QED) is 0.560. The Balaban J connectivity index is 1.67. The molecule has 9 nitrogen and oxygen atoms in total. The van der Waals surface area contributed by atoms with E-state index in [2.05, 4.69) is 20.2 Å². The van der Waals surface area contributed by atoms with Crippen LogP contribution in [-0.4, -0.2) is 38.1 Å². The van der Waals surface area contributed by atoms with Crippen LogP contribution >= 0.6 is 22.9 Å². The van der Waals surface area contributed by atoms with Gasteiger partial charge in [-0.15, -0.1) is 11.3 Å². The molecule has 0 aliphatic heterocycles. The Hall–Kier alpha value is -2.47. The van der Waals surface area contributed by atoms with E-state index in [4.69, 9.17) is 20.9 Å². The summed E-state index contributed by atoms with van der Waals surface area (Å²) >= 11 is 7.23. The van der Waals surface area contributed by atoms with Gasteiger partial charge in [0, 0.05) is 17.5 Å². The molecule has 0 saturated carbocycles. The number of aryl methyl sites for hydroxylation is 2. The molecule has 1 amide bonds. The molecular formula is C17H17ClN4O5S2. The number of aromatic nitrogens is 2. The smallest absolute Gasteiger partial charge is 0.242 e. The minimum absolute atomic E-state index is 0.0558. The van der Waals surface area contributed by atoms with Crippen LogP contribution in [0, 0.1) is 13.8 Å². The first kappa shape index (κ1) is 21.2. The topological polar surface area (TPSA) is 123 Å². The molecule has 0 atom stereocenters. The van der Waals surface area contributed by atoms with Crippen LogP contribution in [0.3, 0.4) is 0 Å². The average Bonchev–Trinajstić information content (AvgIpc) is 3.26. The molecule has 2 N–H and O–H groups in total. The van der Waals surface area contributed by atoms with Crippen LogP contribution in [-0.2, 0) is 14.8 Å². The van der Waals surface area contributed by atoms with Gasteiger partial charge in [0.25, 0.3) is 0 Å². The van der Waals surface area contributed by atoms with Crippen LogP contribution in [0.5, 0.6) is 5.75 Å². The molecule has 12 heteroatoms. The lowest BCUT2D eigenvalue weighted by molar-refractivity contribution is -0.115. The first-order valence-corrected chi connectivity index (χ1v) is 10.9. The van der Waals surface area contributed by atoms with E-state index in [9.17, 15) is 13.2 Å². The second-order valence-corrected chi connectivity index (χ2v) is 9.29. The number of carbonyl (C=O) groups excluding carboxylic acids is 1. The average molecular weight is 457 g/mol. The molecule has 0 aliphatic rings. The largest absolute Gasteiger partial charge is 0.495 e. The summed E-state index contributed by atoms with van der Waals surface area (Å²) in [5.74, 6) is 0.609. The third-order valence-electron chi connectivity index (χ3n) is 3.77. The zero-order valence-electron chi connectivity index (χ0n) is 15.6. The van der Waals surface area contributed by atoms with Gasteiger partial charge >= 0.3 is 0 Å². The van der Waals surface area contributed by atoms with E-state index in [-0.39, 0.29) is 4.90 Å². The number of anilines is 1. The lowest BCUT2D eigenvalue weighted by atomic mass is 10.3. The maximum atomic E-state index is 12.6. The Kier molecular flexibility index (Phi) is 6.22. The van der Waals surface area contributed by atoms with Crippen LogP contribution in [0.1, 0.15) is 10.8 Å². The van der Waals surface area contributed by atoms with Crippen molar-refractivity contribution in [2.24, 2.45) is 0 Å². The summed E-state index contributed by atoms with van der Waals surface area (Å²) in [7, 11) is -2.43. The number of halogens is 1. The summed E-state index contributed by atoms with van der Waals surface area (Å²) in [6.07, 6.45) is 0. The summed E-state index contributed by atoms with van der Waals surface area (Å²) in [5, 5.41) is 6.68. The van der Waals surface area contributed by atoms with Crippen molar-refractivity contribution in [2.75, 3.05) is 19.0 Å². The van der Waals surface area contributed by atoms with Crippen LogP contribution in [0.15, 0.2) is 33.7 Å². The molecule has 0 radical (unpaired) electrons. The Morgan fingerprint density at radius 2 is 2.07 bits per heavy atom. The third kappa shape index (κ3) is 4.93. The van der Waals surface area contributed by atoms with E-state index in [1.165, 1.54) is 30.6 Å². The minimum atomic E-state index is -3.91. The van der Waals surface area contributed by atoms with Gasteiger partial charge in [-0.05, 0) is 31.2 Å². The molecule has 3 aromatic rings. The summed E-state index contributed by atoms with van der Waals surface area (Å²) in [6.45, 7) is 2.86. The summed E-state index contributed by atoms with van der Waals surface area (Å²) in [5.41, 5.74) is 0.418. The Bertz CT molecular complexity index is 1160. The number of nitrogens with one attached hydrogen (secondary N) is 2. The van der Waals surface area contributed by atoms with Gasteiger partial charge in [-0.25, -0.2) is 13.1 Å². The molecule has 2 heterocycles. The number of amides is 1. The molecule has 0 spiro atoms. The number of methoxy groups -OCH3 is 1. The molecule has 0 bridgehead atoms. The first-order valence-electron chi connectivity index (χ1n) is 8.24. The summed E-state index contributed by atoms with van der Waals surface area (Å²) < 4.78 is 37.5. The van der Waals surface area contributed by atoms with Gasteiger partial charge in [-0.2, -0.15) is 4.98 Å². The molecule has 2 aromatic heterocycles. The fraction of sp³-hybridized carbons (Fsp3) is 0.235. The van der Waals surface area contributed by atoms with Crippen LogP contribution < -0.4 is 14.8 Å². The van der Waals surface area contributed by atoms with Crippen molar-refractivity contribution in [3.8, 4) is 16.5 Å². The lowest BCUT2D eigenvalue weighted by Crippen LogP contribution is -2.33. The van der Waals surface area contributed by atoms with Crippen molar-refractivity contribution in [3.63, 3.8) is 0 Å². The maximum Gasteiger partial charge on any atom is 0.242 e. The summed E-state index contributed by atoms with van der Waals surface area (Å²) in [4.78, 5) is 17.4. The van der Waals surface area contributed by atoms with E-state index >= 15 is 0 Å². The van der Waals surface area contributed by atoms with Gasteiger partial charge in [-0.1, -0.05) is 16.8 Å². The third-order valence-corrected chi connectivity index (χ3v) is 6.77. The van der Waals surface area contributed by atoms with E-state index < -0.39 is 22.5 Å². The lowest BCUT2D eigenvalue weighted by Gasteiger charge is -2.09. The standard InChI is InChI=1S/C17H17ClN4O5S2/c1-9-15(7-14(28-9)17-20-10(2)27-22-17)29(24,25)19-8-16(23)21-11-4-5-13(26-3)12(18)6-11/h4-7,19H,8H2,1-3H3,(H,21,23). The highest BCUT2D eigenvalue weighted by atomic mass is 35.5. The Morgan fingerprint density at radius 1 is 1.31 bits per heavy atom. The van der Waals surface area contributed by atoms with Gasteiger partial charge in [0.05, 0.1) is 28.4 Å². The molecule has 0 fully saturated rings. The normalized spacial score (nSPS) is 11.4. The predicted molar refractivity (Wildman–Crippen MR) is 109 cm³/mol. The molecule has 1 aromatic carbocycles. The van der Waals surface area contributed by atoms with Gasteiger partial charge < -0.3 is 14.6 Å². The van der Waals surface area contributed by atoms with Crippen molar-refractivity contribution in [2.45, 2.75) is 18.7 Å². The molecule has 29 heavy (non-hydrogen) atoms. The van der Waals surface area contributed by atoms with Gasteiger partial charge in [0.2, 0.25) is 27.6 Å². The van der Waals surface area contributed by atoms with Crippen LogP contribution in [0.2, 0.25) is 5.02 Å². The second-order valence-electron chi connectivity index (χ2n) is 5.89. The Morgan fingerprint density at radius 3 is 2.69 bits per heavy atom. The number of hydrogen-bond donors (Lipinski definition) is 2. The molecule has 154 valence electrons. The maximum absolute atomic E-state index is 12.6. The highest BCUT2D eigenvalue weighted by Gasteiger charge is 2.23. The Labute approximate surface area is 176 Å². The first-order chi connectivity index (χ1) is 13.7. The monoisotopic (exact) mass is 456 g/mol. The number of nitrogens with zero attached hydrogens (tertiary/aromatic N) is 2. The number of sulfonamides is 1. The molecular weight excluding hydrogens is 440 g/mol. The number of carbonyl (C=O) groups is 1. The second kappa shape index (κ2) is 8.49. The fourth-order valence-electron chi connectivity index (χ4n) is 2.43. The number of thiophene rings is 1. The van der Waals surface area contributed by atoms with Gasteiger partial charge in [0.15, 0.2) is 0 Å². The van der Waals surface area contributed by atoms with Crippen molar-refractivity contribution >= 4 is 44.6 Å². The number of ether oxygens (including phenoxy) is 1. The van der Waals surface area contributed by atoms with Gasteiger partial charge in [-0.3, -0.25) is 4.79 Å². The number of hydrogen-bond acceptors (Lipinski definition) is 8. The molecule has 0 aliphatic carbocycles. The molecule has 3 rings (SSSR count).